The molecule has 39 heavy (non-hydrogen) atoms. The minimum absolute atomic E-state index is 0.0923. The van der Waals surface area contributed by atoms with Gasteiger partial charge in [-0.05, 0) is 31.4 Å². The maximum atomic E-state index is 12.4. The fourth-order valence-corrected chi connectivity index (χ4v) is 4.05. The largest absolute Gasteiger partial charge is 0.510 e. The third-order valence-electron chi connectivity index (χ3n) is 6.25. The molecule has 9 heteroatoms. The van der Waals surface area contributed by atoms with Crippen molar-refractivity contribution >= 4 is 23.4 Å². The van der Waals surface area contributed by atoms with Gasteiger partial charge in [-0.25, -0.2) is 0 Å². The molecule has 0 aromatic heterocycles. The summed E-state index contributed by atoms with van der Waals surface area (Å²) in [5.41, 5.74) is -1.18. The van der Waals surface area contributed by atoms with Crippen LogP contribution < -0.4 is 10.6 Å². The van der Waals surface area contributed by atoms with Gasteiger partial charge in [0.25, 0.3) is 0 Å². The number of carbonyl (C=O) groups excluding carboxylic acids is 4. The molecule has 0 radical (unpaired) electrons. The molecule has 2 rings (SSSR count). The molecule has 0 aromatic carbocycles. The number of ketones is 2. The Morgan fingerprint density at radius 1 is 1.05 bits per heavy atom. The lowest BCUT2D eigenvalue weighted by molar-refractivity contribution is -0.124. The Bertz CT molecular complexity index is 1170. The lowest BCUT2D eigenvalue weighted by Gasteiger charge is -2.31. The number of aliphatic hydroxyl groups is 3. The van der Waals surface area contributed by atoms with Gasteiger partial charge in [-0.2, -0.15) is 0 Å². The molecular weight excluding hydrogens is 500 g/mol. The number of amides is 2. The topological polar surface area (TPSA) is 153 Å². The summed E-state index contributed by atoms with van der Waals surface area (Å²) in [4.78, 5) is 48.2. The zero-order chi connectivity index (χ0) is 29.0. The van der Waals surface area contributed by atoms with Crippen molar-refractivity contribution in [3.8, 4) is 0 Å². The summed E-state index contributed by atoms with van der Waals surface area (Å²) >= 11 is 0. The van der Waals surface area contributed by atoms with Gasteiger partial charge in [0.05, 0.1) is 11.8 Å². The number of hydrogen-bond donors (Lipinski definition) is 5. The van der Waals surface area contributed by atoms with Crippen molar-refractivity contribution in [1.82, 2.24) is 10.6 Å². The Kier molecular flexibility index (Phi) is 12.0. The first-order valence-electron chi connectivity index (χ1n) is 13.1. The minimum atomic E-state index is -1.90. The second-order valence-corrected chi connectivity index (χ2v) is 9.78. The molecule has 2 amide bonds. The molecule has 0 bridgehead atoms. The summed E-state index contributed by atoms with van der Waals surface area (Å²) < 4.78 is 0. The second kappa shape index (κ2) is 14.9. The number of unbranched alkanes of at least 4 members (excludes halogenated alkanes) is 1. The normalized spacial score (nSPS) is 23.5. The van der Waals surface area contributed by atoms with Crippen LogP contribution in [-0.2, 0) is 19.2 Å². The molecule has 9 nitrogen and oxygen atoms in total. The van der Waals surface area contributed by atoms with Gasteiger partial charge < -0.3 is 26.0 Å². The van der Waals surface area contributed by atoms with Crippen LogP contribution in [0.2, 0.25) is 0 Å². The second-order valence-electron chi connectivity index (χ2n) is 9.78. The molecule has 3 atom stereocenters. The van der Waals surface area contributed by atoms with Crippen LogP contribution in [0.1, 0.15) is 59.3 Å². The maximum Gasteiger partial charge on any atom is 0.248 e. The molecule has 0 spiro atoms. The van der Waals surface area contributed by atoms with Crippen LogP contribution in [0.15, 0.2) is 83.5 Å². The summed E-state index contributed by atoms with van der Waals surface area (Å²) in [5, 5.41) is 35.6. The molecule has 0 fully saturated rings. The molecule has 2 aliphatic carbocycles. The standard InChI is InChI=1S/C30H38N2O7/c1-4-5-10-20(2)17-21(3)12-15-28(38)31-22-19-30(39,26(36)18-25(22)35)16-9-7-6-8-11-27(37)32-29-23(33)13-14-24(29)34/h6-9,11-12,15-17,19-20,26,33,36,39H,4-5,10,13-14,18H2,1-3H3,(H,31,38)(H,32,37)/b7-6+,11-8+,15-12+,16-9+,21-17+/t20-,26-,30+/m1/s1. The van der Waals surface area contributed by atoms with Crippen LogP contribution in [0.5, 0.6) is 0 Å². The van der Waals surface area contributed by atoms with Crippen molar-refractivity contribution in [2.24, 2.45) is 5.92 Å². The number of hydrogen-bond acceptors (Lipinski definition) is 7. The Balaban J connectivity index is 1.98. The van der Waals surface area contributed by atoms with E-state index in [4.69, 9.17) is 0 Å². The highest BCUT2D eigenvalue weighted by Gasteiger charge is 2.38. The Morgan fingerprint density at radius 3 is 2.41 bits per heavy atom. The van der Waals surface area contributed by atoms with Crippen molar-refractivity contribution < 1.29 is 34.5 Å². The molecule has 0 aromatic rings. The molecular formula is C30H38N2O7. The van der Waals surface area contributed by atoms with Gasteiger partial charge in [0.1, 0.15) is 17.1 Å². The number of rotatable bonds is 12. The number of aliphatic hydroxyl groups excluding tert-OH is 2. The lowest BCUT2D eigenvalue weighted by atomic mass is 9.85. The fraction of sp³-hybridized carbons (Fsp3) is 0.400. The molecule has 0 aliphatic heterocycles. The summed E-state index contributed by atoms with van der Waals surface area (Å²) in [6.45, 7) is 6.15. The van der Waals surface area contributed by atoms with E-state index >= 15 is 0 Å². The molecule has 0 heterocycles. The van der Waals surface area contributed by atoms with Crippen molar-refractivity contribution in [2.75, 3.05) is 0 Å². The van der Waals surface area contributed by atoms with E-state index in [2.05, 4.69) is 30.6 Å². The molecule has 5 N–H and O–H groups in total. The number of allylic oxidation sites excluding steroid dienone is 10. The van der Waals surface area contributed by atoms with Gasteiger partial charge in [0.2, 0.25) is 11.8 Å². The van der Waals surface area contributed by atoms with Gasteiger partial charge in [-0.1, -0.05) is 68.7 Å². The van der Waals surface area contributed by atoms with E-state index < -0.39 is 29.3 Å². The first-order valence-corrected chi connectivity index (χ1v) is 13.1. The van der Waals surface area contributed by atoms with E-state index in [-0.39, 0.29) is 42.2 Å². The molecule has 2 aliphatic rings. The van der Waals surface area contributed by atoms with Gasteiger partial charge in [-0.3, -0.25) is 19.2 Å². The van der Waals surface area contributed by atoms with Crippen LogP contribution in [0, 0.1) is 5.92 Å². The molecule has 210 valence electrons. The zero-order valence-electron chi connectivity index (χ0n) is 22.6. The first-order chi connectivity index (χ1) is 18.4. The van der Waals surface area contributed by atoms with E-state index in [9.17, 15) is 34.5 Å². The number of carbonyl (C=O) groups is 4. The van der Waals surface area contributed by atoms with Crippen LogP contribution in [0.4, 0.5) is 0 Å². The van der Waals surface area contributed by atoms with Gasteiger partial charge >= 0.3 is 0 Å². The van der Waals surface area contributed by atoms with Gasteiger partial charge in [0, 0.05) is 31.4 Å². The van der Waals surface area contributed by atoms with Crippen LogP contribution in [-0.4, -0.2) is 50.4 Å². The van der Waals surface area contributed by atoms with E-state index in [0.717, 1.165) is 37.0 Å². The van der Waals surface area contributed by atoms with Crippen molar-refractivity contribution in [3.63, 3.8) is 0 Å². The van der Waals surface area contributed by atoms with E-state index in [0.29, 0.717) is 5.92 Å². The smallest absolute Gasteiger partial charge is 0.248 e. The monoisotopic (exact) mass is 538 g/mol. The first kappa shape index (κ1) is 31.4. The number of nitrogens with one attached hydrogen (secondary N) is 2. The highest BCUT2D eigenvalue weighted by atomic mass is 16.3. The van der Waals surface area contributed by atoms with E-state index in [1.807, 2.05) is 6.92 Å². The molecule has 0 saturated heterocycles. The van der Waals surface area contributed by atoms with Crippen molar-refractivity contribution in [1.29, 1.82) is 0 Å². The average molecular weight is 539 g/mol. The Morgan fingerprint density at radius 2 is 1.74 bits per heavy atom. The summed E-state index contributed by atoms with van der Waals surface area (Å²) in [7, 11) is 0. The summed E-state index contributed by atoms with van der Waals surface area (Å²) in [6.07, 6.45) is 16.2. The van der Waals surface area contributed by atoms with Gasteiger partial charge in [0.15, 0.2) is 11.6 Å². The lowest BCUT2D eigenvalue weighted by Crippen LogP contribution is -2.46. The quantitative estimate of drug-likeness (QED) is 0.189. The van der Waals surface area contributed by atoms with Crippen LogP contribution in [0.3, 0.4) is 0 Å². The summed E-state index contributed by atoms with van der Waals surface area (Å²) in [5.74, 6) is -1.71. The highest BCUT2D eigenvalue weighted by Crippen LogP contribution is 2.26. The number of Topliss-reactive ketones (excluding diaryl/α,β-unsaturated/α-hetero) is 2. The maximum absolute atomic E-state index is 12.4. The fourth-order valence-electron chi connectivity index (χ4n) is 4.05. The Hall–Kier alpha value is -3.82. The Labute approximate surface area is 229 Å². The highest BCUT2D eigenvalue weighted by molar-refractivity contribution is 6.03. The molecule has 0 saturated carbocycles. The minimum Gasteiger partial charge on any atom is -0.510 e. The van der Waals surface area contributed by atoms with Crippen molar-refractivity contribution in [3.05, 3.63) is 83.5 Å². The summed E-state index contributed by atoms with van der Waals surface area (Å²) in [6, 6.07) is 0. The predicted molar refractivity (Wildman–Crippen MR) is 148 cm³/mol. The zero-order valence-corrected chi connectivity index (χ0v) is 22.6. The van der Waals surface area contributed by atoms with E-state index in [1.165, 1.54) is 36.5 Å². The molecule has 0 unspecified atom stereocenters. The predicted octanol–water partition coefficient (Wildman–Crippen LogP) is 3.30. The third kappa shape index (κ3) is 10.1. The van der Waals surface area contributed by atoms with Crippen LogP contribution >= 0.6 is 0 Å². The van der Waals surface area contributed by atoms with Crippen molar-refractivity contribution in [2.45, 2.75) is 71.0 Å². The third-order valence-corrected chi connectivity index (χ3v) is 6.25. The van der Waals surface area contributed by atoms with Crippen LogP contribution in [0.25, 0.3) is 0 Å². The van der Waals surface area contributed by atoms with Gasteiger partial charge in [-0.15, -0.1) is 0 Å². The SMILES string of the molecule is CCCC[C@@H](C)/C=C(C)/C=C/C(=O)NC1=C[C@@](O)(/C=C/C=C/C=C/C(=O)NC2=C(O)CCC2=O)[C@H](O)CC1=O. The average Bonchev–Trinajstić information content (AvgIpc) is 3.19. The van der Waals surface area contributed by atoms with E-state index in [1.54, 1.807) is 6.08 Å².